The van der Waals surface area contributed by atoms with Crippen molar-refractivity contribution in [2.24, 2.45) is 10.4 Å². The molecule has 1 aromatic carbocycles. The van der Waals surface area contributed by atoms with Gasteiger partial charge in [0, 0.05) is 45.5 Å². The molecule has 1 aliphatic heterocycles. The molecule has 8 heteroatoms. The van der Waals surface area contributed by atoms with Gasteiger partial charge in [0.05, 0.1) is 5.41 Å². The van der Waals surface area contributed by atoms with Crippen LogP contribution >= 0.6 is 24.0 Å². The van der Waals surface area contributed by atoms with E-state index in [4.69, 9.17) is 0 Å². The maximum absolute atomic E-state index is 13.5. The highest BCUT2D eigenvalue weighted by atomic mass is 127. The zero-order valence-corrected chi connectivity index (χ0v) is 18.8. The van der Waals surface area contributed by atoms with E-state index in [1.54, 1.807) is 26.2 Å². The lowest BCUT2D eigenvalue weighted by atomic mass is 9.92. The Morgan fingerprint density at radius 1 is 1.41 bits per heavy atom. The van der Waals surface area contributed by atoms with Gasteiger partial charge in [-0.15, -0.1) is 24.0 Å². The van der Waals surface area contributed by atoms with E-state index in [0.717, 1.165) is 31.6 Å². The van der Waals surface area contributed by atoms with Gasteiger partial charge in [0.1, 0.15) is 5.82 Å². The van der Waals surface area contributed by atoms with Crippen molar-refractivity contribution in [1.29, 1.82) is 0 Å². The molecule has 1 atom stereocenters. The number of carbonyl (C=O) groups excluding carboxylic acids is 1. The molecule has 2 rings (SSSR count). The Balaban J connectivity index is 0.00000364. The van der Waals surface area contributed by atoms with Crippen LogP contribution in [0.4, 0.5) is 10.1 Å². The van der Waals surface area contributed by atoms with E-state index < -0.39 is 5.41 Å². The second kappa shape index (κ2) is 10.7. The van der Waals surface area contributed by atoms with E-state index in [1.165, 1.54) is 6.07 Å². The summed E-state index contributed by atoms with van der Waals surface area (Å²) >= 11 is 0. The van der Waals surface area contributed by atoms with Gasteiger partial charge in [-0.3, -0.25) is 9.79 Å². The zero-order valence-electron chi connectivity index (χ0n) is 16.5. The molecular weight excluding hydrogens is 460 g/mol. The van der Waals surface area contributed by atoms with Crippen molar-refractivity contribution in [1.82, 2.24) is 16.0 Å². The van der Waals surface area contributed by atoms with Crippen molar-refractivity contribution in [3.05, 3.63) is 30.1 Å². The van der Waals surface area contributed by atoms with E-state index >= 15 is 0 Å². The standard InChI is InChI=1S/C19H30FN5O.HI/c1-19(2,17(26)21-3)13-23-18(22-4)24-15-8-6-10-25(12-15)16-9-5-7-14(20)11-16;/h5,7,9,11,15H,6,8,10,12-13H2,1-4H3,(H,21,26)(H2,22,23,24);1H. The van der Waals surface area contributed by atoms with E-state index in [1.807, 2.05) is 19.9 Å². The van der Waals surface area contributed by atoms with Gasteiger partial charge in [0.15, 0.2) is 5.96 Å². The Morgan fingerprint density at radius 2 is 2.15 bits per heavy atom. The van der Waals surface area contributed by atoms with Crippen molar-refractivity contribution < 1.29 is 9.18 Å². The molecule has 1 saturated heterocycles. The van der Waals surface area contributed by atoms with Crippen LogP contribution in [0.2, 0.25) is 0 Å². The van der Waals surface area contributed by atoms with Crippen LogP contribution in [0.5, 0.6) is 0 Å². The topological polar surface area (TPSA) is 68.8 Å². The molecule has 152 valence electrons. The first-order valence-electron chi connectivity index (χ1n) is 9.05. The summed E-state index contributed by atoms with van der Waals surface area (Å²) in [4.78, 5) is 18.4. The second-order valence-electron chi connectivity index (χ2n) is 7.30. The van der Waals surface area contributed by atoms with E-state index in [0.29, 0.717) is 12.5 Å². The van der Waals surface area contributed by atoms with E-state index in [-0.39, 0.29) is 41.7 Å². The quantitative estimate of drug-likeness (QED) is 0.336. The highest BCUT2D eigenvalue weighted by Gasteiger charge is 2.27. The maximum Gasteiger partial charge on any atom is 0.227 e. The summed E-state index contributed by atoms with van der Waals surface area (Å²) in [6.45, 7) is 5.95. The smallest absolute Gasteiger partial charge is 0.227 e. The number of aliphatic imine (C=N–C) groups is 1. The monoisotopic (exact) mass is 491 g/mol. The van der Waals surface area contributed by atoms with Crippen molar-refractivity contribution in [2.75, 3.05) is 38.6 Å². The largest absolute Gasteiger partial charge is 0.369 e. The molecule has 1 aliphatic rings. The number of amides is 1. The predicted molar refractivity (Wildman–Crippen MR) is 119 cm³/mol. The average Bonchev–Trinajstić information content (AvgIpc) is 2.64. The number of nitrogens with one attached hydrogen (secondary N) is 3. The van der Waals surface area contributed by atoms with E-state index in [9.17, 15) is 9.18 Å². The number of anilines is 1. The number of carbonyl (C=O) groups is 1. The third kappa shape index (κ3) is 6.82. The third-order valence-corrected chi connectivity index (χ3v) is 4.70. The number of piperidine rings is 1. The fourth-order valence-electron chi connectivity index (χ4n) is 3.11. The summed E-state index contributed by atoms with van der Waals surface area (Å²) in [5.41, 5.74) is 0.368. The normalized spacial score (nSPS) is 17.7. The average molecular weight is 491 g/mol. The maximum atomic E-state index is 13.5. The van der Waals surface area contributed by atoms with Gasteiger partial charge >= 0.3 is 0 Å². The number of benzene rings is 1. The molecule has 6 nitrogen and oxygen atoms in total. The molecule has 3 N–H and O–H groups in total. The summed E-state index contributed by atoms with van der Waals surface area (Å²) in [5.74, 6) is 0.440. The Hall–Kier alpha value is -1.58. The number of halogens is 2. The van der Waals surface area contributed by atoms with Crippen LogP contribution in [-0.2, 0) is 4.79 Å². The SMILES string of the molecule is CN=C(NCC(C)(C)C(=O)NC)NC1CCCN(c2cccc(F)c2)C1.I. The Morgan fingerprint density at radius 3 is 2.78 bits per heavy atom. The number of rotatable bonds is 5. The molecular formula is C19H31FIN5O. The van der Waals surface area contributed by atoms with Crippen LogP contribution in [0.3, 0.4) is 0 Å². The van der Waals surface area contributed by atoms with Gasteiger partial charge in [-0.2, -0.15) is 0 Å². The molecule has 1 heterocycles. The summed E-state index contributed by atoms with van der Waals surface area (Å²) in [7, 11) is 3.36. The molecule has 0 saturated carbocycles. The number of hydrogen-bond acceptors (Lipinski definition) is 3. The van der Waals surface area contributed by atoms with Gasteiger partial charge in [-0.1, -0.05) is 6.07 Å². The minimum atomic E-state index is -0.535. The van der Waals surface area contributed by atoms with Crippen molar-refractivity contribution in [3.63, 3.8) is 0 Å². The predicted octanol–water partition coefficient (Wildman–Crippen LogP) is 2.35. The lowest BCUT2D eigenvalue weighted by molar-refractivity contribution is -0.128. The van der Waals surface area contributed by atoms with Crippen LogP contribution in [0, 0.1) is 11.2 Å². The Bertz CT molecular complexity index is 653. The van der Waals surface area contributed by atoms with Crippen LogP contribution < -0.4 is 20.9 Å². The molecule has 0 spiro atoms. The molecule has 0 aliphatic carbocycles. The molecule has 1 fully saturated rings. The van der Waals surface area contributed by atoms with Crippen molar-refractivity contribution in [2.45, 2.75) is 32.7 Å². The molecule has 0 radical (unpaired) electrons. The van der Waals surface area contributed by atoms with Crippen molar-refractivity contribution in [3.8, 4) is 0 Å². The fraction of sp³-hybridized carbons (Fsp3) is 0.579. The minimum absolute atomic E-state index is 0. The van der Waals surface area contributed by atoms with Crippen molar-refractivity contribution >= 4 is 41.5 Å². The number of guanidine groups is 1. The molecule has 0 aromatic heterocycles. The van der Waals surface area contributed by atoms with Crippen LogP contribution in [-0.4, -0.2) is 51.6 Å². The lowest BCUT2D eigenvalue weighted by Crippen LogP contribution is -2.53. The first-order valence-corrected chi connectivity index (χ1v) is 9.05. The van der Waals surface area contributed by atoms with Crippen LogP contribution in [0.15, 0.2) is 29.3 Å². The lowest BCUT2D eigenvalue weighted by Gasteiger charge is -2.35. The fourth-order valence-corrected chi connectivity index (χ4v) is 3.11. The third-order valence-electron chi connectivity index (χ3n) is 4.70. The van der Waals surface area contributed by atoms with Crippen LogP contribution in [0.25, 0.3) is 0 Å². The molecule has 27 heavy (non-hydrogen) atoms. The first-order chi connectivity index (χ1) is 12.4. The zero-order chi connectivity index (χ0) is 19.2. The van der Waals surface area contributed by atoms with Gasteiger partial charge in [-0.25, -0.2) is 4.39 Å². The highest BCUT2D eigenvalue weighted by Crippen LogP contribution is 2.20. The summed E-state index contributed by atoms with van der Waals surface area (Å²) < 4.78 is 13.5. The van der Waals surface area contributed by atoms with Gasteiger partial charge < -0.3 is 20.9 Å². The van der Waals surface area contributed by atoms with Gasteiger partial charge in [0.2, 0.25) is 5.91 Å². The molecule has 1 amide bonds. The Labute approximate surface area is 178 Å². The molecule has 1 unspecified atom stereocenters. The minimum Gasteiger partial charge on any atom is -0.369 e. The molecule has 1 aromatic rings. The van der Waals surface area contributed by atoms with Crippen LogP contribution in [0.1, 0.15) is 26.7 Å². The number of nitrogens with zero attached hydrogens (tertiary/aromatic N) is 2. The summed E-state index contributed by atoms with van der Waals surface area (Å²) in [6, 6.07) is 6.92. The van der Waals surface area contributed by atoms with Gasteiger partial charge in [-0.05, 0) is 44.9 Å². The number of hydrogen-bond donors (Lipinski definition) is 3. The van der Waals surface area contributed by atoms with Gasteiger partial charge in [0.25, 0.3) is 0 Å². The summed E-state index contributed by atoms with van der Waals surface area (Å²) in [5, 5.41) is 9.34. The molecule has 0 bridgehead atoms. The second-order valence-corrected chi connectivity index (χ2v) is 7.30. The summed E-state index contributed by atoms with van der Waals surface area (Å²) in [6.07, 6.45) is 2.04. The Kier molecular flexibility index (Phi) is 9.28. The first kappa shape index (κ1) is 23.5. The van der Waals surface area contributed by atoms with E-state index in [2.05, 4.69) is 25.8 Å². The highest BCUT2D eigenvalue weighted by molar-refractivity contribution is 14.0.